The highest BCUT2D eigenvalue weighted by atomic mass is 16.5. The van der Waals surface area contributed by atoms with Crippen molar-refractivity contribution in [3.8, 4) is 0 Å². The van der Waals surface area contributed by atoms with Crippen LogP contribution in [-0.4, -0.2) is 34.1 Å². The average Bonchev–Trinajstić information content (AvgIpc) is 1.65. The zero-order valence-electron chi connectivity index (χ0n) is 4.57. The van der Waals surface area contributed by atoms with Crippen LogP contribution in [0.5, 0.6) is 0 Å². The maximum Gasteiger partial charge on any atom is 0.631 e. The number of hydrogen-bond donors (Lipinski definition) is 5. The Hall–Kier alpha value is -0.135. The van der Waals surface area contributed by atoms with Crippen LogP contribution in [0, 0.1) is 0 Å². The second-order valence-electron chi connectivity index (χ2n) is 0.858. The Morgan fingerprint density at radius 1 is 1.38 bits per heavy atom. The second kappa shape index (κ2) is 9.98. The summed E-state index contributed by atoms with van der Waals surface area (Å²) in [6.45, 7) is 2.44. The summed E-state index contributed by atoms with van der Waals surface area (Å²) in [4.78, 5) is 0. The Morgan fingerprint density at radius 2 is 1.50 bits per heavy atom. The summed E-state index contributed by atoms with van der Waals surface area (Å²) in [7, 11) is -2.17. The van der Waals surface area contributed by atoms with Crippen molar-refractivity contribution >= 4 is 7.32 Å². The first-order valence-corrected chi connectivity index (χ1v) is 2.06. The van der Waals surface area contributed by atoms with Crippen molar-refractivity contribution in [2.45, 2.75) is 6.92 Å². The molecule has 0 unspecified atom stereocenters. The molecule has 0 radical (unpaired) electrons. The van der Waals surface area contributed by atoms with Crippen LogP contribution in [0.25, 0.3) is 0 Å². The minimum Gasteiger partial charge on any atom is -0.402 e. The quantitative estimate of drug-likeness (QED) is 0.204. The van der Waals surface area contributed by atoms with Gasteiger partial charge in [0, 0.05) is 6.54 Å². The zero-order chi connectivity index (χ0) is 6.99. The largest absolute Gasteiger partial charge is 0.631 e. The summed E-state index contributed by atoms with van der Waals surface area (Å²) < 4.78 is 0. The van der Waals surface area contributed by atoms with Crippen molar-refractivity contribution in [1.82, 2.24) is 5.48 Å². The Kier molecular flexibility index (Phi) is 13.4. The van der Waals surface area contributed by atoms with Gasteiger partial charge in [0.05, 0.1) is 0 Å². The SMILES string of the molecule is CCNO.OB(O)O. The summed E-state index contributed by atoms with van der Waals surface area (Å²) in [5.41, 5.74) is 1.93. The van der Waals surface area contributed by atoms with E-state index >= 15 is 0 Å². The number of hydroxylamine groups is 1. The third kappa shape index (κ3) is 186. The van der Waals surface area contributed by atoms with Gasteiger partial charge >= 0.3 is 7.32 Å². The molecule has 0 aliphatic carbocycles. The van der Waals surface area contributed by atoms with Crippen LogP contribution in [0.2, 0.25) is 0 Å². The van der Waals surface area contributed by atoms with Crippen molar-refractivity contribution in [2.75, 3.05) is 6.54 Å². The van der Waals surface area contributed by atoms with E-state index in [9.17, 15) is 0 Å². The highest BCUT2D eigenvalue weighted by molar-refractivity contribution is 6.30. The molecule has 50 valence electrons. The van der Waals surface area contributed by atoms with Gasteiger partial charge in [0.15, 0.2) is 0 Å². The average molecular weight is 123 g/mol. The minimum atomic E-state index is -2.17. The Labute approximate surface area is 47.7 Å². The molecule has 0 aromatic rings. The van der Waals surface area contributed by atoms with Gasteiger partial charge in [0.1, 0.15) is 0 Å². The maximum atomic E-state index is 7.62. The fraction of sp³-hybridized carbons (Fsp3) is 1.00. The third-order valence-electron chi connectivity index (χ3n) is 0.158. The molecular weight excluding hydrogens is 113 g/mol. The summed E-state index contributed by atoms with van der Waals surface area (Å²) in [6, 6.07) is 0. The Morgan fingerprint density at radius 3 is 1.50 bits per heavy atom. The molecule has 0 spiro atoms. The van der Waals surface area contributed by atoms with Gasteiger partial charge in [-0.2, -0.15) is 0 Å². The van der Waals surface area contributed by atoms with Gasteiger partial charge in [-0.05, 0) is 0 Å². The molecule has 0 saturated carbocycles. The molecule has 0 aromatic carbocycles. The third-order valence-corrected chi connectivity index (χ3v) is 0.158. The first-order chi connectivity index (χ1) is 3.65. The van der Waals surface area contributed by atoms with Crippen molar-refractivity contribution < 1.29 is 20.3 Å². The van der Waals surface area contributed by atoms with Crippen LogP contribution in [0.3, 0.4) is 0 Å². The van der Waals surface area contributed by atoms with E-state index in [4.69, 9.17) is 20.3 Å². The fourth-order valence-corrected chi connectivity index (χ4v) is 0. The summed E-state index contributed by atoms with van der Waals surface area (Å²) >= 11 is 0. The highest BCUT2D eigenvalue weighted by Crippen LogP contribution is 1.40. The predicted molar refractivity (Wildman–Crippen MR) is 27.9 cm³/mol. The molecular formula is C2H10BNO4. The zero-order valence-corrected chi connectivity index (χ0v) is 4.57. The molecule has 0 heterocycles. The van der Waals surface area contributed by atoms with Gasteiger partial charge in [-0.1, -0.05) is 6.92 Å². The van der Waals surface area contributed by atoms with Crippen LogP contribution in [0.1, 0.15) is 6.92 Å². The highest BCUT2D eigenvalue weighted by Gasteiger charge is 1.92. The lowest BCUT2D eigenvalue weighted by Gasteiger charge is -1.75. The first-order valence-electron chi connectivity index (χ1n) is 2.06. The molecule has 0 amide bonds. The standard InChI is InChI=1S/C2H7NO.BH3O3/c1-2-3-4;2-1(3)4/h3-4H,2H2,1H3;2-4H. The van der Waals surface area contributed by atoms with Gasteiger partial charge in [0.25, 0.3) is 0 Å². The van der Waals surface area contributed by atoms with Crippen LogP contribution < -0.4 is 5.48 Å². The molecule has 0 aliphatic rings. The predicted octanol–water partition coefficient (Wildman–Crippen LogP) is -2.07. The Balaban J connectivity index is 0. The number of nitrogens with one attached hydrogen (secondary N) is 1. The lowest BCUT2D eigenvalue weighted by molar-refractivity contribution is 0.173. The molecule has 6 heteroatoms. The molecule has 0 aromatic heterocycles. The summed E-state index contributed by atoms with van der Waals surface area (Å²) in [6.07, 6.45) is 0. The van der Waals surface area contributed by atoms with Crippen LogP contribution in [0.4, 0.5) is 0 Å². The monoisotopic (exact) mass is 123 g/mol. The van der Waals surface area contributed by atoms with E-state index in [1.165, 1.54) is 0 Å². The van der Waals surface area contributed by atoms with E-state index in [2.05, 4.69) is 0 Å². The van der Waals surface area contributed by atoms with E-state index in [1.54, 1.807) is 0 Å². The van der Waals surface area contributed by atoms with E-state index in [0.717, 1.165) is 0 Å². The maximum absolute atomic E-state index is 7.62. The van der Waals surface area contributed by atoms with E-state index < -0.39 is 7.32 Å². The van der Waals surface area contributed by atoms with Gasteiger partial charge in [-0.3, -0.25) is 0 Å². The molecule has 0 bridgehead atoms. The second-order valence-corrected chi connectivity index (χ2v) is 0.858. The van der Waals surface area contributed by atoms with Gasteiger partial charge < -0.3 is 20.3 Å². The molecule has 5 nitrogen and oxygen atoms in total. The van der Waals surface area contributed by atoms with Gasteiger partial charge in [-0.15, -0.1) is 0 Å². The van der Waals surface area contributed by atoms with E-state index in [0.29, 0.717) is 6.54 Å². The topological polar surface area (TPSA) is 93.0 Å². The van der Waals surface area contributed by atoms with E-state index in [-0.39, 0.29) is 0 Å². The molecule has 0 fully saturated rings. The number of rotatable bonds is 1. The minimum absolute atomic E-state index is 0.625. The number of hydrogen-bond acceptors (Lipinski definition) is 5. The van der Waals surface area contributed by atoms with Crippen molar-refractivity contribution in [2.24, 2.45) is 0 Å². The van der Waals surface area contributed by atoms with Gasteiger partial charge in [-0.25, -0.2) is 5.48 Å². The molecule has 0 atom stereocenters. The van der Waals surface area contributed by atoms with Gasteiger partial charge in [0.2, 0.25) is 0 Å². The molecule has 0 rings (SSSR count). The fourth-order valence-electron chi connectivity index (χ4n) is 0. The van der Waals surface area contributed by atoms with Crippen LogP contribution >= 0.6 is 0 Å². The summed E-state index contributed by atoms with van der Waals surface area (Å²) in [5.74, 6) is 0. The van der Waals surface area contributed by atoms with Crippen molar-refractivity contribution in [3.63, 3.8) is 0 Å². The normalized spacial score (nSPS) is 7.12. The lowest BCUT2D eigenvalue weighted by atomic mass is 10.3. The lowest BCUT2D eigenvalue weighted by Crippen LogP contribution is -2.07. The van der Waals surface area contributed by atoms with Crippen LogP contribution in [-0.2, 0) is 0 Å². The molecule has 5 N–H and O–H groups in total. The summed E-state index contributed by atoms with van der Waals surface area (Å²) in [5, 5.41) is 29.1. The van der Waals surface area contributed by atoms with E-state index in [1.807, 2.05) is 12.4 Å². The first kappa shape index (κ1) is 10.8. The van der Waals surface area contributed by atoms with Crippen molar-refractivity contribution in [3.05, 3.63) is 0 Å². The Bertz CT molecular complexity index is 30.5. The smallest absolute Gasteiger partial charge is 0.402 e. The van der Waals surface area contributed by atoms with Crippen molar-refractivity contribution in [1.29, 1.82) is 0 Å². The molecule has 8 heavy (non-hydrogen) atoms. The molecule has 0 aliphatic heterocycles. The van der Waals surface area contributed by atoms with Crippen LogP contribution in [0.15, 0.2) is 0 Å². The molecule has 0 saturated heterocycles.